The molecule has 1 aromatic rings. The monoisotopic (exact) mass is 181 g/mol. The maximum Gasteiger partial charge on any atom is 0.126 e. The first kappa shape index (κ1) is 10.2. The molecule has 2 N–H and O–H groups in total. The third-order valence-corrected chi connectivity index (χ3v) is 2.57. The van der Waals surface area contributed by atoms with Crippen molar-refractivity contribution in [1.82, 2.24) is 0 Å². The number of aryl methyl sites for hydroxylation is 1. The van der Waals surface area contributed by atoms with Gasteiger partial charge >= 0.3 is 0 Å². The summed E-state index contributed by atoms with van der Waals surface area (Å²) in [6.45, 7) is 5.66. The van der Waals surface area contributed by atoms with Crippen LogP contribution >= 0.6 is 0 Å². The SMILES string of the molecule is CCC(C)(N)c1ccc(C)c(F)c1. The van der Waals surface area contributed by atoms with Gasteiger partial charge in [-0.15, -0.1) is 0 Å². The molecule has 1 nitrogen and oxygen atoms in total. The van der Waals surface area contributed by atoms with Crippen LogP contribution in [0.2, 0.25) is 0 Å². The Morgan fingerprint density at radius 3 is 2.54 bits per heavy atom. The van der Waals surface area contributed by atoms with Crippen LogP contribution in [0.1, 0.15) is 31.4 Å². The van der Waals surface area contributed by atoms with Crippen molar-refractivity contribution >= 4 is 0 Å². The van der Waals surface area contributed by atoms with Gasteiger partial charge < -0.3 is 5.73 Å². The van der Waals surface area contributed by atoms with Crippen molar-refractivity contribution < 1.29 is 4.39 Å². The molecule has 0 fully saturated rings. The predicted molar refractivity (Wildman–Crippen MR) is 53.0 cm³/mol. The molecule has 0 saturated carbocycles. The van der Waals surface area contributed by atoms with Crippen molar-refractivity contribution in [2.24, 2.45) is 5.73 Å². The summed E-state index contributed by atoms with van der Waals surface area (Å²) in [6, 6.07) is 5.19. The van der Waals surface area contributed by atoms with Crippen molar-refractivity contribution in [2.75, 3.05) is 0 Å². The molecule has 72 valence electrons. The van der Waals surface area contributed by atoms with Gasteiger partial charge in [-0.2, -0.15) is 0 Å². The molecule has 0 aliphatic heterocycles. The second kappa shape index (κ2) is 3.46. The van der Waals surface area contributed by atoms with Gasteiger partial charge in [-0.1, -0.05) is 19.1 Å². The van der Waals surface area contributed by atoms with E-state index in [4.69, 9.17) is 5.73 Å². The molecule has 0 bridgehead atoms. The van der Waals surface area contributed by atoms with E-state index in [1.165, 1.54) is 6.07 Å². The van der Waals surface area contributed by atoms with E-state index in [0.29, 0.717) is 5.56 Å². The van der Waals surface area contributed by atoms with Gasteiger partial charge in [-0.25, -0.2) is 4.39 Å². The van der Waals surface area contributed by atoms with Gasteiger partial charge in [-0.3, -0.25) is 0 Å². The third-order valence-electron chi connectivity index (χ3n) is 2.57. The lowest BCUT2D eigenvalue weighted by Gasteiger charge is -2.23. The second-order valence-corrected chi connectivity index (χ2v) is 3.73. The first-order valence-electron chi connectivity index (χ1n) is 4.53. The van der Waals surface area contributed by atoms with Crippen LogP contribution in [0.15, 0.2) is 18.2 Å². The van der Waals surface area contributed by atoms with Crippen molar-refractivity contribution in [2.45, 2.75) is 32.7 Å². The highest BCUT2D eigenvalue weighted by Gasteiger charge is 2.19. The Morgan fingerprint density at radius 2 is 2.08 bits per heavy atom. The quantitative estimate of drug-likeness (QED) is 0.745. The Balaban J connectivity index is 3.10. The first-order chi connectivity index (χ1) is 5.97. The number of halogens is 1. The Hall–Kier alpha value is -0.890. The van der Waals surface area contributed by atoms with Gasteiger partial charge in [0.15, 0.2) is 0 Å². The topological polar surface area (TPSA) is 26.0 Å². The van der Waals surface area contributed by atoms with E-state index in [-0.39, 0.29) is 5.82 Å². The normalized spacial score (nSPS) is 15.5. The van der Waals surface area contributed by atoms with Gasteiger partial charge in [-0.05, 0) is 37.5 Å². The van der Waals surface area contributed by atoms with Gasteiger partial charge in [0, 0.05) is 5.54 Å². The van der Waals surface area contributed by atoms with Crippen molar-refractivity contribution in [3.63, 3.8) is 0 Å². The van der Waals surface area contributed by atoms with Gasteiger partial charge in [0.05, 0.1) is 0 Å². The van der Waals surface area contributed by atoms with E-state index in [0.717, 1.165) is 12.0 Å². The van der Waals surface area contributed by atoms with Crippen LogP contribution in [0.3, 0.4) is 0 Å². The maximum atomic E-state index is 13.2. The highest BCUT2D eigenvalue weighted by molar-refractivity contribution is 5.28. The van der Waals surface area contributed by atoms with Crippen LogP contribution in [0, 0.1) is 12.7 Å². The van der Waals surface area contributed by atoms with Gasteiger partial charge in [0.1, 0.15) is 5.82 Å². The molecule has 0 radical (unpaired) electrons. The molecule has 1 rings (SSSR count). The lowest BCUT2D eigenvalue weighted by Crippen LogP contribution is -2.32. The molecule has 0 heterocycles. The Kier molecular flexibility index (Phi) is 2.71. The summed E-state index contributed by atoms with van der Waals surface area (Å²) in [5.41, 5.74) is 7.09. The largest absolute Gasteiger partial charge is 0.322 e. The highest BCUT2D eigenvalue weighted by atomic mass is 19.1. The summed E-state index contributed by atoms with van der Waals surface area (Å²) < 4.78 is 13.2. The zero-order valence-corrected chi connectivity index (χ0v) is 8.39. The fourth-order valence-corrected chi connectivity index (χ4v) is 1.15. The van der Waals surface area contributed by atoms with Crippen molar-refractivity contribution in [1.29, 1.82) is 0 Å². The lowest BCUT2D eigenvalue weighted by atomic mass is 9.90. The van der Waals surface area contributed by atoms with Crippen LogP contribution in [-0.4, -0.2) is 0 Å². The summed E-state index contributed by atoms with van der Waals surface area (Å²) in [7, 11) is 0. The van der Waals surface area contributed by atoms with Crippen molar-refractivity contribution in [3.8, 4) is 0 Å². The third kappa shape index (κ3) is 2.07. The summed E-state index contributed by atoms with van der Waals surface area (Å²) in [4.78, 5) is 0. The number of hydrogen-bond donors (Lipinski definition) is 1. The smallest absolute Gasteiger partial charge is 0.126 e. The van der Waals surface area contributed by atoms with Gasteiger partial charge in [0.25, 0.3) is 0 Å². The molecule has 0 saturated heterocycles. The molecule has 0 aromatic heterocycles. The predicted octanol–water partition coefficient (Wildman–Crippen LogP) is 2.72. The zero-order chi connectivity index (χ0) is 10.1. The average Bonchev–Trinajstić information content (AvgIpc) is 2.09. The number of benzene rings is 1. The van der Waals surface area contributed by atoms with E-state index in [1.807, 2.05) is 19.9 Å². The molecule has 2 heteroatoms. The molecular formula is C11H16FN. The lowest BCUT2D eigenvalue weighted by molar-refractivity contribution is 0.471. The zero-order valence-electron chi connectivity index (χ0n) is 8.39. The fourth-order valence-electron chi connectivity index (χ4n) is 1.15. The molecule has 1 aromatic carbocycles. The highest BCUT2D eigenvalue weighted by Crippen LogP contribution is 2.22. The summed E-state index contributed by atoms with van der Waals surface area (Å²) >= 11 is 0. The van der Waals surface area contributed by atoms with Crippen LogP contribution in [0.25, 0.3) is 0 Å². The Bertz CT molecular complexity index is 305. The molecule has 13 heavy (non-hydrogen) atoms. The van der Waals surface area contributed by atoms with Crippen LogP contribution in [-0.2, 0) is 5.54 Å². The molecule has 1 unspecified atom stereocenters. The van der Waals surface area contributed by atoms with Gasteiger partial charge in [0.2, 0.25) is 0 Å². The average molecular weight is 181 g/mol. The summed E-state index contributed by atoms with van der Waals surface area (Å²) in [5.74, 6) is -0.178. The number of rotatable bonds is 2. The minimum absolute atomic E-state index is 0.178. The maximum absolute atomic E-state index is 13.2. The number of nitrogens with two attached hydrogens (primary N) is 1. The minimum atomic E-state index is -0.422. The Morgan fingerprint density at radius 1 is 1.46 bits per heavy atom. The molecule has 0 amide bonds. The second-order valence-electron chi connectivity index (χ2n) is 3.73. The molecule has 0 spiro atoms. The van der Waals surface area contributed by atoms with Crippen LogP contribution in [0.5, 0.6) is 0 Å². The summed E-state index contributed by atoms with van der Waals surface area (Å²) in [5, 5.41) is 0. The Labute approximate surface area is 78.8 Å². The van der Waals surface area contributed by atoms with E-state index < -0.39 is 5.54 Å². The van der Waals surface area contributed by atoms with Crippen LogP contribution in [0.4, 0.5) is 4.39 Å². The number of hydrogen-bond acceptors (Lipinski definition) is 1. The first-order valence-corrected chi connectivity index (χ1v) is 4.53. The van der Waals surface area contributed by atoms with Crippen molar-refractivity contribution in [3.05, 3.63) is 35.1 Å². The van der Waals surface area contributed by atoms with E-state index in [2.05, 4.69) is 0 Å². The molecule has 0 aliphatic rings. The molecule has 0 aliphatic carbocycles. The molecule has 1 atom stereocenters. The summed E-state index contributed by atoms with van der Waals surface area (Å²) in [6.07, 6.45) is 0.801. The van der Waals surface area contributed by atoms with E-state index in [9.17, 15) is 4.39 Å². The van der Waals surface area contributed by atoms with E-state index >= 15 is 0 Å². The fraction of sp³-hybridized carbons (Fsp3) is 0.455. The molecular weight excluding hydrogens is 165 g/mol. The van der Waals surface area contributed by atoms with E-state index in [1.54, 1.807) is 13.0 Å². The van der Waals surface area contributed by atoms with Crippen LogP contribution < -0.4 is 5.73 Å². The minimum Gasteiger partial charge on any atom is -0.322 e. The standard InChI is InChI=1S/C11H16FN/c1-4-11(3,13)9-6-5-8(2)10(12)7-9/h5-7H,4,13H2,1-3H3.